The third-order valence-corrected chi connectivity index (χ3v) is 29.7. The van der Waals surface area contributed by atoms with Crippen molar-refractivity contribution in [3.8, 4) is 0 Å². The molecule has 0 rings (SSSR count). The average molecular weight is 412 g/mol. The maximum atomic E-state index is 9.82. The van der Waals surface area contributed by atoms with Gasteiger partial charge in [-0.25, -0.2) is 0 Å². The summed E-state index contributed by atoms with van der Waals surface area (Å²) in [5, 5.41) is 9.82. The molecule has 0 heterocycles. The molecular formula is C15H33ClOSiSn. The Morgan fingerprint density at radius 2 is 1.58 bits per heavy atom. The number of aliphatic hydroxyl groups excluding tert-OH is 1. The molecule has 0 spiro atoms. The summed E-state index contributed by atoms with van der Waals surface area (Å²) in [6.07, 6.45) is 6.74. The standard InChI is InChI=1S/C7H15OSi.2C4H9.ClH.Sn/c1-7(8)5-6-9(2,3)4;2*1-3-4-2;;/h5,7-8H,1-4H3;2*1,3-4H2,2H3;1H;/q;;;;+1/p-1. The molecule has 0 aliphatic heterocycles. The van der Waals surface area contributed by atoms with E-state index in [1.165, 1.54) is 34.6 Å². The summed E-state index contributed by atoms with van der Waals surface area (Å²) in [5.41, 5.74) is 0. The molecule has 1 nitrogen and oxygen atoms in total. The second-order valence-electron chi connectivity index (χ2n) is 6.74. The first kappa shape index (κ1) is 20.0. The fourth-order valence-corrected chi connectivity index (χ4v) is 34.8. The van der Waals surface area contributed by atoms with Crippen LogP contribution in [0.3, 0.4) is 0 Å². The van der Waals surface area contributed by atoms with Crippen molar-refractivity contribution in [3.63, 3.8) is 0 Å². The van der Waals surface area contributed by atoms with Crippen LogP contribution in [0.5, 0.6) is 0 Å². The molecule has 0 aliphatic carbocycles. The van der Waals surface area contributed by atoms with Crippen LogP contribution in [0.15, 0.2) is 9.29 Å². The van der Waals surface area contributed by atoms with E-state index < -0.39 is 25.3 Å². The van der Waals surface area contributed by atoms with Gasteiger partial charge in [0.2, 0.25) is 0 Å². The summed E-state index contributed by atoms with van der Waals surface area (Å²) in [7, 11) is 5.83. The van der Waals surface area contributed by atoms with Crippen LogP contribution in [0.1, 0.15) is 46.5 Å². The first-order valence-electron chi connectivity index (χ1n) is 7.77. The molecule has 19 heavy (non-hydrogen) atoms. The van der Waals surface area contributed by atoms with E-state index in [0.717, 1.165) is 0 Å². The zero-order valence-electron chi connectivity index (χ0n) is 13.7. The van der Waals surface area contributed by atoms with E-state index in [4.69, 9.17) is 8.92 Å². The second-order valence-corrected chi connectivity index (χ2v) is 28.0. The number of rotatable bonds is 9. The Morgan fingerprint density at radius 1 is 1.16 bits per heavy atom. The Kier molecular flexibility index (Phi) is 9.59. The minimum absolute atomic E-state index is 0.347. The van der Waals surface area contributed by atoms with Crippen molar-refractivity contribution in [1.82, 2.24) is 0 Å². The van der Waals surface area contributed by atoms with Crippen molar-refractivity contribution in [3.05, 3.63) is 9.29 Å². The molecule has 1 atom stereocenters. The summed E-state index contributed by atoms with van der Waals surface area (Å²) >= 11 is -2.73. The van der Waals surface area contributed by atoms with Crippen LogP contribution in [-0.4, -0.2) is 36.5 Å². The van der Waals surface area contributed by atoms with Gasteiger partial charge in [0.25, 0.3) is 0 Å². The van der Waals surface area contributed by atoms with E-state index >= 15 is 0 Å². The van der Waals surface area contributed by atoms with Gasteiger partial charge in [-0.2, -0.15) is 0 Å². The molecule has 0 fully saturated rings. The maximum absolute atomic E-state index is 9.82. The molecule has 0 amide bonds. The SMILES string of the molecule is CCC[CH2][Sn]([Cl])([CH2]CCC)/[C](=C\C(C)O)[Si](C)(C)C. The van der Waals surface area contributed by atoms with Gasteiger partial charge in [-0.3, -0.25) is 0 Å². The summed E-state index contributed by atoms with van der Waals surface area (Å²) < 4.78 is 4.05. The quantitative estimate of drug-likeness (QED) is 0.497. The fourth-order valence-electron chi connectivity index (χ4n) is 2.62. The molecule has 0 aromatic heterocycles. The average Bonchev–Trinajstić information content (AvgIpc) is 2.29. The molecule has 4 heteroatoms. The summed E-state index contributed by atoms with van der Waals surface area (Å²) in [5.74, 6) is 0. The van der Waals surface area contributed by atoms with Crippen molar-refractivity contribution < 1.29 is 5.11 Å². The Bertz CT molecular complexity index is 276. The van der Waals surface area contributed by atoms with Crippen LogP contribution in [0.4, 0.5) is 0 Å². The Labute approximate surface area is 129 Å². The molecule has 0 radical (unpaired) electrons. The molecule has 1 unspecified atom stereocenters. The first-order chi connectivity index (χ1) is 8.67. The molecular weight excluding hydrogens is 378 g/mol. The van der Waals surface area contributed by atoms with Crippen molar-refractivity contribution in [2.24, 2.45) is 0 Å². The number of halogens is 1. The molecule has 0 aliphatic rings. The molecule has 114 valence electrons. The summed E-state index contributed by atoms with van der Waals surface area (Å²) in [6.45, 7) is 13.5. The summed E-state index contributed by atoms with van der Waals surface area (Å²) in [6, 6.07) is 0. The van der Waals surface area contributed by atoms with Gasteiger partial charge in [0, 0.05) is 0 Å². The molecule has 0 aromatic rings. The Balaban J connectivity index is 5.35. The normalized spacial score (nSPS) is 15.7. The predicted molar refractivity (Wildman–Crippen MR) is 94.1 cm³/mol. The van der Waals surface area contributed by atoms with Crippen molar-refractivity contribution in [2.75, 3.05) is 0 Å². The van der Waals surface area contributed by atoms with Gasteiger partial charge < -0.3 is 0 Å². The van der Waals surface area contributed by atoms with Crippen LogP contribution >= 0.6 is 8.92 Å². The van der Waals surface area contributed by atoms with Crippen LogP contribution in [-0.2, 0) is 0 Å². The van der Waals surface area contributed by atoms with E-state index in [2.05, 4.69) is 39.6 Å². The van der Waals surface area contributed by atoms with Gasteiger partial charge in [-0.1, -0.05) is 0 Å². The third kappa shape index (κ3) is 7.54. The molecule has 0 bridgehead atoms. The van der Waals surface area contributed by atoms with Crippen LogP contribution in [0.2, 0.25) is 28.5 Å². The van der Waals surface area contributed by atoms with Crippen LogP contribution in [0, 0.1) is 0 Å². The Morgan fingerprint density at radius 3 is 1.84 bits per heavy atom. The molecule has 0 aromatic carbocycles. The van der Waals surface area contributed by atoms with Crippen molar-refractivity contribution in [1.29, 1.82) is 0 Å². The van der Waals surface area contributed by atoms with E-state index in [-0.39, 0.29) is 6.10 Å². The van der Waals surface area contributed by atoms with E-state index in [0.29, 0.717) is 0 Å². The van der Waals surface area contributed by atoms with Gasteiger partial charge in [-0.15, -0.1) is 0 Å². The predicted octanol–water partition coefficient (Wildman–Crippen LogP) is 5.49. The van der Waals surface area contributed by atoms with Crippen molar-refractivity contribution in [2.45, 2.75) is 81.1 Å². The van der Waals surface area contributed by atoms with Gasteiger partial charge in [0.05, 0.1) is 0 Å². The minimum atomic E-state index is -2.73. The Hall–Kier alpha value is 1.01. The number of aliphatic hydroxyl groups is 1. The van der Waals surface area contributed by atoms with Gasteiger partial charge >= 0.3 is 130 Å². The second kappa shape index (κ2) is 9.11. The number of hydrogen-bond donors (Lipinski definition) is 1. The van der Waals surface area contributed by atoms with Crippen LogP contribution < -0.4 is 0 Å². The third-order valence-electron chi connectivity index (χ3n) is 3.55. The summed E-state index contributed by atoms with van der Waals surface area (Å²) in [4.78, 5) is 0. The van der Waals surface area contributed by atoms with Gasteiger partial charge in [0.1, 0.15) is 0 Å². The topological polar surface area (TPSA) is 20.2 Å². The molecule has 0 saturated carbocycles. The van der Waals surface area contributed by atoms with E-state index in [1.54, 1.807) is 3.21 Å². The van der Waals surface area contributed by atoms with E-state index in [1.807, 2.05) is 6.92 Å². The molecule has 0 saturated heterocycles. The van der Waals surface area contributed by atoms with E-state index in [9.17, 15) is 5.11 Å². The first-order valence-corrected chi connectivity index (χ1v) is 20.3. The fraction of sp³-hybridized carbons (Fsp3) is 0.867. The van der Waals surface area contributed by atoms with Crippen molar-refractivity contribution >= 4 is 34.2 Å². The van der Waals surface area contributed by atoms with Gasteiger partial charge in [0.15, 0.2) is 0 Å². The number of unbranched alkanes of at least 4 members (excludes halogenated alkanes) is 2. The number of hydrogen-bond acceptors (Lipinski definition) is 1. The monoisotopic (exact) mass is 412 g/mol. The zero-order valence-corrected chi connectivity index (χ0v) is 18.3. The van der Waals surface area contributed by atoms with Gasteiger partial charge in [-0.05, 0) is 0 Å². The van der Waals surface area contributed by atoms with Crippen LogP contribution in [0.25, 0.3) is 0 Å². The molecule has 1 N–H and O–H groups in total. The zero-order chi connectivity index (χ0) is 15.1.